The van der Waals surface area contributed by atoms with Crippen molar-refractivity contribution >= 4 is 5.91 Å². The van der Waals surface area contributed by atoms with Gasteiger partial charge in [-0.15, -0.1) is 0 Å². The van der Waals surface area contributed by atoms with Gasteiger partial charge < -0.3 is 19.5 Å². The minimum absolute atomic E-state index is 0.133. The number of nitrogens with one attached hydrogen (secondary N) is 1. The van der Waals surface area contributed by atoms with Crippen molar-refractivity contribution in [1.29, 1.82) is 0 Å². The van der Waals surface area contributed by atoms with Crippen LogP contribution in [0.2, 0.25) is 0 Å². The summed E-state index contributed by atoms with van der Waals surface area (Å²) in [7, 11) is 1.61. The predicted molar refractivity (Wildman–Crippen MR) is 107 cm³/mol. The van der Waals surface area contributed by atoms with Gasteiger partial charge in [-0.25, -0.2) is 0 Å². The zero-order valence-electron chi connectivity index (χ0n) is 16.6. The van der Waals surface area contributed by atoms with Crippen molar-refractivity contribution in [2.75, 3.05) is 13.7 Å². The molecule has 0 bridgehead atoms. The molecular formula is C22H29NO4. The summed E-state index contributed by atoms with van der Waals surface area (Å²) in [5.74, 6) is 1.98. The van der Waals surface area contributed by atoms with E-state index in [2.05, 4.69) is 12.2 Å². The molecule has 2 rings (SSSR count). The lowest BCUT2D eigenvalue weighted by atomic mass is 10.2. The van der Waals surface area contributed by atoms with Gasteiger partial charge in [-0.2, -0.15) is 0 Å². The number of carbonyl (C=O) groups excluding carboxylic acids is 1. The first-order valence-corrected chi connectivity index (χ1v) is 9.38. The summed E-state index contributed by atoms with van der Waals surface area (Å²) in [5.41, 5.74) is 1.95. The molecule has 5 nitrogen and oxygen atoms in total. The summed E-state index contributed by atoms with van der Waals surface area (Å²) in [6.45, 7) is 7.00. The molecule has 5 heteroatoms. The number of carbonyl (C=O) groups is 1. The Kier molecular flexibility index (Phi) is 7.99. The van der Waals surface area contributed by atoms with Gasteiger partial charge in [0, 0.05) is 6.54 Å². The Morgan fingerprint density at radius 1 is 1.07 bits per heavy atom. The molecule has 0 saturated heterocycles. The van der Waals surface area contributed by atoms with Gasteiger partial charge in [-0.1, -0.05) is 38.1 Å². The van der Waals surface area contributed by atoms with Crippen molar-refractivity contribution in [2.45, 2.75) is 46.3 Å². The first-order valence-electron chi connectivity index (χ1n) is 9.38. The van der Waals surface area contributed by atoms with Crippen LogP contribution in [0.5, 0.6) is 17.2 Å². The molecule has 146 valence electrons. The lowest BCUT2D eigenvalue weighted by molar-refractivity contribution is -0.128. The predicted octanol–water partition coefficient (Wildman–Crippen LogP) is 4.27. The molecule has 2 aromatic carbocycles. The maximum absolute atomic E-state index is 12.5. The fourth-order valence-corrected chi connectivity index (χ4v) is 2.62. The van der Waals surface area contributed by atoms with Crippen molar-refractivity contribution in [3.63, 3.8) is 0 Å². The number of aryl methyl sites for hydroxylation is 1. The minimum Gasteiger partial charge on any atom is -0.493 e. The quantitative estimate of drug-likeness (QED) is 0.678. The molecule has 0 aromatic heterocycles. The molecule has 1 amide bonds. The molecule has 0 heterocycles. The van der Waals surface area contributed by atoms with Crippen molar-refractivity contribution in [1.82, 2.24) is 5.32 Å². The molecule has 0 radical (unpaired) electrons. The number of para-hydroxylation sites is 1. The van der Waals surface area contributed by atoms with Crippen LogP contribution >= 0.6 is 0 Å². The van der Waals surface area contributed by atoms with Gasteiger partial charge in [-0.05, 0) is 49.1 Å². The second kappa shape index (κ2) is 10.5. The van der Waals surface area contributed by atoms with Crippen molar-refractivity contribution in [3.05, 3.63) is 53.6 Å². The van der Waals surface area contributed by atoms with Crippen LogP contribution in [-0.2, 0) is 11.3 Å². The van der Waals surface area contributed by atoms with Crippen molar-refractivity contribution in [3.8, 4) is 17.2 Å². The molecule has 27 heavy (non-hydrogen) atoms. The smallest absolute Gasteiger partial charge is 0.261 e. The average molecular weight is 371 g/mol. The lowest BCUT2D eigenvalue weighted by Gasteiger charge is -2.19. The second-order valence-electron chi connectivity index (χ2n) is 6.33. The average Bonchev–Trinajstić information content (AvgIpc) is 2.70. The molecule has 0 spiro atoms. The Labute approximate surface area is 161 Å². The van der Waals surface area contributed by atoms with E-state index in [0.717, 1.165) is 23.3 Å². The molecule has 1 unspecified atom stereocenters. The summed E-state index contributed by atoms with van der Waals surface area (Å²) in [5, 5.41) is 2.94. The van der Waals surface area contributed by atoms with E-state index in [1.54, 1.807) is 7.11 Å². The Morgan fingerprint density at radius 2 is 1.85 bits per heavy atom. The molecule has 1 N–H and O–H groups in total. The Morgan fingerprint density at radius 3 is 2.52 bits per heavy atom. The zero-order valence-corrected chi connectivity index (χ0v) is 16.6. The van der Waals surface area contributed by atoms with E-state index in [9.17, 15) is 4.79 Å². The Balaban J connectivity index is 1.97. The van der Waals surface area contributed by atoms with Gasteiger partial charge in [0.1, 0.15) is 5.75 Å². The van der Waals surface area contributed by atoms with E-state index in [0.29, 0.717) is 31.1 Å². The van der Waals surface area contributed by atoms with E-state index in [4.69, 9.17) is 14.2 Å². The summed E-state index contributed by atoms with van der Waals surface area (Å²) in [4.78, 5) is 12.5. The standard InChI is InChI=1S/C22H29NO4/c1-5-13-26-20-12-11-17(14-21(20)25-4)15-23-22(24)18(6-2)27-19-10-8-7-9-16(19)3/h7-12,14,18H,5-6,13,15H2,1-4H3,(H,23,24). The number of amides is 1. The number of rotatable bonds is 10. The van der Waals surface area contributed by atoms with Gasteiger partial charge in [-0.3, -0.25) is 4.79 Å². The molecule has 0 aliphatic heterocycles. The highest BCUT2D eigenvalue weighted by Gasteiger charge is 2.19. The zero-order chi connectivity index (χ0) is 19.6. The van der Waals surface area contributed by atoms with Crippen LogP contribution in [0.15, 0.2) is 42.5 Å². The minimum atomic E-state index is -0.528. The SMILES string of the molecule is CCCOc1ccc(CNC(=O)C(CC)Oc2ccccc2C)cc1OC. The van der Waals surface area contributed by atoms with Crippen LogP contribution in [0.3, 0.4) is 0 Å². The first-order chi connectivity index (χ1) is 13.1. The monoisotopic (exact) mass is 371 g/mol. The van der Waals surface area contributed by atoms with Gasteiger partial charge in [0.2, 0.25) is 0 Å². The maximum Gasteiger partial charge on any atom is 0.261 e. The molecule has 2 aromatic rings. The van der Waals surface area contributed by atoms with Gasteiger partial charge in [0.05, 0.1) is 13.7 Å². The highest BCUT2D eigenvalue weighted by atomic mass is 16.5. The first kappa shape index (κ1) is 20.6. The highest BCUT2D eigenvalue weighted by Crippen LogP contribution is 2.28. The van der Waals surface area contributed by atoms with Gasteiger partial charge >= 0.3 is 0 Å². The molecule has 1 atom stereocenters. The van der Waals surface area contributed by atoms with Gasteiger partial charge in [0.25, 0.3) is 5.91 Å². The van der Waals surface area contributed by atoms with Crippen LogP contribution in [-0.4, -0.2) is 25.7 Å². The van der Waals surface area contributed by atoms with Crippen LogP contribution in [0.25, 0.3) is 0 Å². The van der Waals surface area contributed by atoms with E-state index < -0.39 is 6.10 Å². The fourth-order valence-electron chi connectivity index (χ4n) is 2.62. The summed E-state index contributed by atoms with van der Waals surface area (Å²) in [6.07, 6.45) is 0.994. The molecular weight excluding hydrogens is 342 g/mol. The topological polar surface area (TPSA) is 56.8 Å². The van der Waals surface area contributed by atoms with Crippen LogP contribution in [0, 0.1) is 6.92 Å². The molecule has 0 aliphatic carbocycles. The molecule has 0 saturated carbocycles. The van der Waals surface area contributed by atoms with Crippen molar-refractivity contribution < 1.29 is 19.0 Å². The normalized spacial score (nSPS) is 11.6. The van der Waals surface area contributed by atoms with Crippen LogP contribution < -0.4 is 19.5 Å². The third-order valence-corrected chi connectivity index (χ3v) is 4.18. The van der Waals surface area contributed by atoms with E-state index in [1.807, 2.05) is 56.3 Å². The molecule has 0 aliphatic rings. The van der Waals surface area contributed by atoms with E-state index in [-0.39, 0.29) is 5.91 Å². The van der Waals surface area contributed by atoms with Gasteiger partial charge in [0.15, 0.2) is 17.6 Å². The fraction of sp³-hybridized carbons (Fsp3) is 0.409. The highest BCUT2D eigenvalue weighted by molar-refractivity contribution is 5.81. The van der Waals surface area contributed by atoms with Crippen molar-refractivity contribution in [2.24, 2.45) is 0 Å². The number of hydrogen-bond donors (Lipinski definition) is 1. The number of methoxy groups -OCH3 is 1. The van der Waals surface area contributed by atoms with Crippen LogP contribution in [0.1, 0.15) is 37.8 Å². The van der Waals surface area contributed by atoms with E-state index >= 15 is 0 Å². The molecule has 0 fully saturated rings. The largest absolute Gasteiger partial charge is 0.493 e. The third kappa shape index (κ3) is 5.91. The number of ether oxygens (including phenoxy) is 3. The maximum atomic E-state index is 12.5. The number of benzene rings is 2. The third-order valence-electron chi connectivity index (χ3n) is 4.18. The Hall–Kier alpha value is -2.69. The van der Waals surface area contributed by atoms with E-state index in [1.165, 1.54) is 0 Å². The lowest BCUT2D eigenvalue weighted by Crippen LogP contribution is -2.37. The number of hydrogen-bond acceptors (Lipinski definition) is 4. The Bertz CT molecular complexity index is 745. The summed E-state index contributed by atoms with van der Waals surface area (Å²) in [6, 6.07) is 13.4. The van der Waals surface area contributed by atoms with Crippen LogP contribution in [0.4, 0.5) is 0 Å². The second-order valence-corrected chi connectivity index (χ2v) is 6.33. The summed E-state index contributed by atoms with van der Waals surface area (Å²) < 4.78 is 16.9. The summed E-state index contributed by atoms with van der Waals surface area (Å²) >= 11 is 0.